The summed E-state index contributed by atoms with van der Waals surface area (Å²) in [7, 11) is 0. The molecule has 0 atom stereocenters. The summed E-state index contributed by atoms with van der Waals surface area (Å²) in [5, 5.41) is 6.31. The van der Waals surface area contributed by atoms with Crippen LogP contribution in [0.1, 0.15) is 46.5 Å². The Labute approximate surface area is 111 Å². The highest BCUT2D eigenvalue weighted by atomic mass is 16.1. The Morgan fingerprint density at radius 3 is 2.44 bits per heavy atom. The van der Waals surface area contributed by atoms with Crippen LogP contribution < -0.4 is 10.6 Å². The fraction of sp³-hybridized carbons (Fsp3) is 0.929. The minimum Gasteiger partial charge on any atom is -0.356 e. The van der Waals surface area contributed by atoms with Gasteiger partial charge in [-0.15, -0.1) is 0 Å². The molecular formula is C14H29N3O. The summed E-state index contributed by atoms with van der Waals surface area (Å²) in [6.45, 7) is 11.5. The third-order valence-electron chi connectivity index (χ3n) is 3.18. The van der Waals surface area contributed by atoms with Gasteiger partial charge >= 0.3 is 0 Å². The first kappa shape index (κ1) is 15.4. The average Bonchev–Trinajstić information content (AvgIpc) is 2.75. The lowest BCUT2D eigenvalue weighted by molar-refractivity contribution is -0.121. The quantitative estimate of drug-likeness (QED) is 0.675. The molecule has 106 valence electrons. The van der Waals surface area contributed by atoms with E-state index < -0.39 is 0 Å². The number of rotatable bonds is 7. The molecule has 0 bridgehead atoms. The Kier molecular flexibility index (Phi) is 6.65. The molecule has 1 fully saturated rings. The number of nitrogens with one attached hydrogen (secondary N) is 2. The van der Waals surface area contributed by atoms with Crippen molar-refractivity contribution in [2.45, 2.75) is 52.0 Å². The molecule has 2 N–H and O–H groups in total. The normalized spacial score (nSPS) is 17.1. The summed E-state index contributed by atoms with van der Waals surface area (Å²) < 4.78 is 0. The van der Waals surface area contributed by atoms with E-state index in [0.717, 1.165) is 26.1 Å². The van der Waals surface area contributed by atoms with Crippen LogP contribution in [0.15, 0.2) is 0 Å². The Morgan fingerprint density at radius 1 is 1.17 bits per heavy atom. The van der Waals surface area contributed by atoms with Crippen molar-refractivity contribution in [2.24, 2.45) is 0 Å². The van der Waals surface area contributed by atoms with Gasteiger partial charge in [-0.05, 0) is 59.7 Å². The number of hydrogen-bond donors (Lipinski definition) is 2. The monoisotopic (exact) mass is 255 g/mol. The molecule has 1 rings (SSSR count). The van der Waals surface area contributed by atoms with Gasteiger partial charge in [0.05, 0.1) is 0 Å². The van der Waals surface area contributed by atoms with E-state index in [2.05, 4.69) is 36.3 Å². The Balaban J connectivity index is 1.93. The molecule has 18 heavy (non-hydrogen) atoms. The van der Waals surface area contributed by atoms with E-state index >= 15 is 0 Å². The molecule has 4 nitrogen and oxygen atoms in total. The van der Waals surface area contributed by atoms with Gasteiger partial charge in [0.2, 0.25) is 5.91 Å². The Bertz CT molecular complexity index is 242. The van der Waals surface area contributed by atoms with Crippen molar-refractivity contribution in [3.05, 3.63) is 0 Å². The van der Waals surface area contributed by atoms with Crippen molar-refractivity contribution in [1.82, 2.24) is 15.5 Å². The van der Waals surface area contributed by atoms with Crippen molar-refractivity contribution in [1.29, 1.82) is 0 Å². The first-order chi connectivity index (χ1) is 8.47. The van der Waals surface area contributed by atoms with E-state index in [1.54, 1.807) is 0 Å². The molecule has 0 saturated carbocycles. The van der Waals surface area contributed by atoms with Gasteiger partial charge < -0.3 is 15.5 Å². The zero-order valence-electron chi connectivity index (χ0n) is 12.2. The lowest BCUT2D eigenvalue weighted by atomic mass is 10.1. The van der Waals surface area contributed by atoms with Crippen LogP contribution in [0.25, 0.3) is 0 Å². The molecule has 1 aliphatic heterocycles. The van der Waals surface area contributed by atoms with Crippen LogP contribution in [-0.2, 0) is 4.79 Å². The van der Waals surface area contributed by atoms with Crippen LogP contribution in [-0.4, -0.2) is 49.1 Å². The molecule has 0 radical (unpaired) electrons. The summed E-state index contributed by atoms with van der Waals surface area (Å²) in [6.07, 6.45) is 4.31. The van der Waals surface area contributed by atoms with Gasteiger partial charge in [0.15, 0.2) is 0 Å². The van der Waals surface area contributed by atoms with Crippen LogP contribution in [0, 0.1) is 0 Å². The molecular weight excluding hydrogens is 226 g/mol. The number of carbonyl (C=O) groups excluding carboxylic acids is 1. The predicted molar refractivity (Wildman–Crippen MR) is 75.7 cm³/mol. The van der Waals surface area contributed by atoms with E-state index in [-0.39, 0.29) is 11.4 Å². The molecule has 4 heteroatoms. The van der Waals surface area contributed by atoms with Crippen LogP contribution >= 0.6 is 0 Å². The summed E-state index contributed by atoms with van der Waals surface area (Å²) in [5.74, 6) is 0.160. The molecule has 0 aromatic carbocycles. The maximum Gasteiger partial charge on any atom is 0.221 e. The molecule has 0 aromatic heterocycles. The lowest BCUT2D eigenvalue weighted by Crippen LogP contribution is -2.38. The average molecular weight is 255 g/mol. The number of amides is 1. The molecule has 0 spiro atoms. The number of hydrogen-bond acceptors (Lipinski definition) is 3. The zero-order chi connectivity index (χ0) is 13.4. The smallest absolute Gasteiger partial charge is 0.221 e. The largest absolute Gasteiger partial charge is 0.356 e. The molecule has 1 amide bonds. The Morgan fingerprint density at radius 2 is 1.83 bits per heavy atom. The molecule has 0 unspecified atom stereocenters. The van der Waals surface area contributed by atoms with E-state index in [1.807, 2.05) is 0 Å². The summed E-state index contributed by atoms with van der Waals surface area (Å²) in [5.41, 5.74) is 0.0933. The first-order valence-electron chi connectivity index (χ1n) is 7.21. The Hall–Kier alpha value is -0.610. The second-order valence-electron chi connectivity index (χ2n) is 6.18. The molecule has 0 aromatic rings. The van der Waals surface area contributed by atoms with Gasteiger partial charge in [-0.25, -0.2) is 0 Å². The van der Waals surface area contributed by atoms with Crippen LogP contribution in [0.2, 0.25) is 0 Å². The van der Waals surface area contributed by atoms with Gasteiger partial charge in [0.25, 0.3) is 0 Å². The third-order valence-corrected chi connectivity index (χ3v) is 3.18. The second-order valence-corrected chi connectivity index (χ2v) is 6.18. The second kappa shape index (κ2) is 7.74. The van der Waals surface area contributed by atoms with Gasteiger partial charge in [0.1, 0.15) is 0 Å². The fourth-order valence-corrected chi connectivity index (χ4v) is 2.18. The summed E-state index contributed by atoms with van der Waals surface area (Å²) >= 11 is 0. The van der Waals surface area contributed by atoms with Crippen molar-refractivity contribution < 1.29 is 4.79 Å². The topological polar surface area (TPSA) is 44.4 Å². The van der Waals surface area contributed by atoms with E-state index in [0.29, 0.717) is 6.42 Å². The molecule has 0 aliphatic carbocycles. The third kappa shape index (κ3) is 7.67. The van der Waals surface area contributed by atoms with Crippen LogP contribution in [0.3, 0.4) is 0 Å². The van der Waals surface area contributed by atoms with Crippen molar-refractivity contribution in [3.63, 3.8) is 0 Å². The molecule has 1 heterocycles. The maximum atomic E-state index is 11.6. The molecule has 1 aliphatic rings. The summed E-state index contributed by atoms with van der Waals surface area (Å²) in [6, 6.07) is 0. The lowest BCUT2D eigenvalue weighted by Gasteiger charge is -2.20. The van der Waals surface area contributed by atoms with Crippen LogP contribution in [0.4, 0.5) is 0 Å². The van der Waals surface area contributed by atoms with Gasteiger partial charge in [-0.2, -0.15) is 0 Å². The van der Waals surface area contributed by atoms with Crippen molar-refractivity contribution in [2.75, 3.05) is 32.7 Å². The predicted octanol–water partition coefficient (Wildman–Crippen LogP) is 1.37. The number of carbonyl (C=O) groups is 1. The van der Waals surface area contributed by atoms with E-state index in [4.69, 9.17) is 0 Å². The maximum absolute atomic E-state index is 11.6. The van der Waals surface area contributed by atoms with Crippen molar-refractivity contribution >= 4 is 5.91 Å². The minimum absolute atomic E-state index is 0.0933. The number of nitrogens with zero attached hydrogens (tertiary/aromatic N) is 1. The highest BCUT2D eigenvalue weighted by Crippen LogP contribution is 2.06. The van der Waals surface area contributed by atoms with Gasteiger partial charge in [0, 0.05) is 25.0 Å². The van der Waals surface area contributed by atoms with E-state index in [1.165, 1.54) is 25.9 Å². The zero-order valence-corrected chi connectivity index (χ0v) is 12.2. The summed E-state index contributed by atoms with van der Waals surface area (Å²) in [4.78, 5) is 14.0. The number of likely N-dealkylation sites (tertiary alicyclic amines) is 1. The first-order valence-corrected chi connectivity index (χ1v) is 7.21. The molecule has 1 saturated heterocycles. The van der Waals surface area contributed by atoms with Crippen molar-refractivity contribution in [3.8, 4) is 0 Å². The highest BCUT2D eigenvalue weighted by molar-refractivity contribution is 5.75. The minimum atomic E-state index is 0.0933. The standard InChI is InChI=1S/C14H29N3O/c1-14(2,3)16-9-7-13(18)15-8-6-12-17-10-4-5-11-17/h16H,4-12H2,1-3H3,(H,15,18). The SMILES string of the molecule is CC(C)(C)NCCC(=O)NCCCN1CCCC1. The highest BCUT2D eigenvalue weighted by Gasteiger charge is 2.11. The van der Waals surface area contributed by atoms with Gasteiger partial charge in [-0.3, -0.25) is 4.79 Å². The van der Waals surface area contributed by atoms with Crippen LogP contribution in [0.5, 0.6) is 0 Å². The van der Waals surface area contributed by atoms with Gasteiger partial charge in [-0.1, -0.05) is 0 Å². The fourth-order valence-electron chi connectivity index (χ4n) is 2.18. The van der Waals surface area contributed by atoms with E-state index in [9.17, 15) is 4.79 Å².